The van der Waals surface area contributed by atoms with Crippen LogP contribution in [0.1, 0.15) is 33.5 Å². The molecule has 34 heavy (non-hydrogen) atoms. The number of anilines is 1. The van der Waals surface area contributed by atoms with Crippen LogP contribution in [-0.4, -0.2) is 23.0 Å². The number of carbonyl (C=O) groups is 2. The fraction of sp³-hybridized carbons (Fsp3) is 0.115. The molecular formula is C26H22ClN5O2. The van der Waals surface area contributed by atoms with Crippen molar-refractivity contribution in [2.45, 2.75) is 18.4 Å². The van der Waals surface area contributed by atoms with Crippen molar-refractivity contribution >= 4 is 47.0 Å². The molecule has 0 spiro atoms. The van der Waals surface area contributed by atoms with Crippen LogP contribution in [0.4, 0.5) is 5.69 Å². The van der Waals surface area contributed by atoms with Gasteiger partial charge in [0.05, 0.1) is 17.5 Å². The maximum absolute atomic E-state index is 13.3. The van der Waals surface area contributed by atoms with Crippen LogP contribution in [0.15, 0.2) is 71.8 Å². The number of H-pyrrole nitrogens is 1. The van der Waals surface area contributed by atoms with E-state index in [1.165, 1.54) is 0 Å². The van der Waals surface area contributed by atoms with Crippen molar-refractivity contribution in [3.8, 4) is 11.3 Å². The summed E-state index contributed by atoms with van der Waals surface area (Å²) in [6.07, 6.45) is 2.94. The van der Waals surface area contributed by atoms with Crippen molar-refractivity contribution in [3.05, 3.63) is 89.0 Å². The summed E-state index contributed by atoms with van der Waals surface area (Å²) in [5.74, 6) is -0.627. The topological polar surface area (TPSA) is 112 Å². The second kappa shape index (κ2) is 8.13. The van der Waals surface area contributed by atoms with Gasteiger partial charge in [-0.3, -0.25) is 9.59 Å². The molecule has 1 aliphatic heterocycles. The normalized spacial score (nSPS) is 18.1. The number of fused-ring (bicyclic) bond motifs is 1. The Bertz CT molecular complexity index is 1480. The molecule has 3 aromatic carbocycles. The molecular weight excluding hydrogens is 450 g/mol. The van der Waals surface area contributed by atoms with Crippen LogP contribution in [0, 0.1) is 0 Å². The van der Waals surface area contributed by atoms with Crippen molar-refractivity contribution in [2.75, 3.05) is 5.32 Å². The van der Waals surface area contributed by atoms with Crippen LogP contribution >= 0.6 is 12.4 Å². The summed E-state index contributed by atoms with van der Waals surface area (Å²) in [5.41, 5.74) is 14.3. The highest BCUT2D eigenvalue weighted by Gasteiger charge is 2.41. The van der Waals surface area contributed by atoms with Gasteiger partial charge in [0.1, 0.15) is 5.54 Å². The van der Waals surface area contributed by atoms with Gasteiger partial charge in [-0.15, -0.1) is 12.4 Å². The maximum Gasteiger partial charge on any atom is 0.272 e. The van der Waals surface area contributed by atoms with Crippen LogP contribution in [0.25, 0.3) is 22.2 Å². The number of benzene rings is 3. The Morgan fingerprint density at radius 3 is 2.65 bits per heavy atom. The number of aromatic amines is 1. The molecule has 0 bridgehead atoms. The number of rotatable bonds is 3. The number of hydrazone groups is 1. The molecule has 170 valence electrons. The van der Waals surface area contributed by atoms with E-state index >= 15 is 0 Å². The second-order valence-electron chi connectivity index (χ2n) is 8.51. The van der Waals surface area contributed by atoms with Crippen molar-refractivity contribution in [1.29, 1.82) is 0 Å². The third-order valence-electron chi connectivity index (χ3n) is 6.55. The molecule has 4 aromatic rings. The molecule has 8 heteroatoms. The van der Waals surface area contributed by atoms with Gasteiger partial charge in [-0.25, -0.2) is 5.43 Å². The smallest absolute Gasteiger partial charge is 0.272 e. The third-order valence-corrected chi connectivity index (χ3v) is 6.55. The zero-order valence-electron chi connectivity index (χ0n) is 18.1. The van der Waals surface area contributed by atoms with Crippen LogP contribution in [0.3, 0.4) is 0 Å². The van der Waals surface area contributed by atoms with Crippen molar-refractivity contribution in [2.24, 2.45) is 10.8 Å². The standard InChI is InChI=1S/C26H21N5O2.ClH/c27-26(11-10-15-6-4-5-9-20(15)26)25(33)29-17-12-18-22-19(14-28-31-24(18)32)23(30-21(22)13-17)16-7-2-1-3-8-16;/h1-9,12-14,30H,10-11,27H2,(H,29,33)(H,31,32);1H. The average molecular weight is 472 g/mol. The first-order chi connectivity index (χ1) is 16.0. The predicted molar refractivity (Wildman–Crippen MR) is 135 cm³/mol. The lowest BCUT2D eigenvalue weighted by Gasteiger charge is -2.24. The highest BCUT2D eigenvalue weighted by molar-refractivity contribution is 6.18. The third kappa shape index (κ3) is 3.29. The fourth-order valence-electron chi connectivity index (χ4n) is 4.90. The summed E-state index contributed by atoms with van der Waals surface area (Å²) in [7, 11) is 0. The van der Waals surface area contributed by atoms with Crippen LogP contribution in [0.2, 0.25) is 0 Å². The highest BCUT2D eigenvalue weighted by atomic mass is 35.5. The zero-order chi connectivity index (χ0) is 22.6. The number of hydrogen-bond donors (Lipinski definition) is 4. The SMILES string of the molecule is Cl.NC1(C(=O)Nc2cc3c4c(c(-c5ccccc5)[nH]c4c2)C=NNC3=O)CCc2ccccc21. The maximum atomic E-state index is 13.3. The number of nitrogens with one attached hydrogen (secondary N) is 3. The van der Waals surface area contributed by atoms with E-state index in [4.69, 9.17) is 5.73 Å². The number of halogens is 1. The lowest BCUT2D eigenvalue weighted by Crippen LogP contribution is -2.46. The number of nitrogens with two attached hydrogens (primary N) is 1. The molecule has 5 N–H and O–H groups in total. The summed E-state index contributed by atoms with van der Waals surface area (Å²) in [6.45, 7) is 0. The summed E-state index contributed by atoms with van der Waals surface area (Å²) in [6, 6.07) is 21.1. The molecule has 1 aliphatic carbocycles. The van der Waals surface area contributed by atoms with Gasteiger partial charge >= 0.3 is 0 Å². The Balaban J connectivity index is 0.00000241. The Kier molecular flexibility index (Phi) is 5.23. The Labute approximate surface area is 201 Å². The minimum atomic E-state index is -1.11. The van der Waals surface area contributed by atoms with Gasteiger partial charge in [0.2, 0.25) is 5.91 Å². The van der Waals surface area contributed by atoms with Gasteiger partial charge in [0.15, 0.2) is 0 Å². The van der Waals surface area contributed by atoms with E-state index in [0.717, 1.165) is 45.3 Å². The van der Waals surface area contributed by atoms with E-state index in [0.29, 0.717) is 17.7 Å². The van der Waals surface area contributed by atoms with E-state index < -0.39 is 5.54 Å². The fourth-order valence-corrected chi connectivity index (χ4v) is 4.90. The number of amides is 2. The van der Waals surface area contributed by atoms with Crippen molar-refractivity contribution in [1.82, 2.24) is 10.4 Å². The summed E-state index contributed by atoms with van der Waals surface area (Å²) >= 11 is 0. The van der Waals surface area contributed by atoms with Gasteiger partial charge in [-0.1, -0.05) is 54.6 Å². The molecule has 1 aromatic heterocycles. The van der Waals surface area contributed by atoms with E-state index in [1.807, 2.05) is 60.7 Å². The van der Waals surface area contributed by atoms with Crippen LogP contribution in [0.5, 0.6) is 0 Å². The molecule has 0 radical (unpaired) electrons. The second-order valence-corrected chi connectivity index (χ2v) is 8.51. The predicted octanol–water partition coefficient (Wildman–Crippen LogP) is 4.07. The molecule has 0 fully saturated rings. The first-order valence-corrected chi connectivity index (χ1v) is 10.8. The molecule has 2 aliphatic rings. The monoisotopic (exact) mass is 471 g/mol. The lowest BCUT2D eigenvalue weighted by molar-refractivity contribution is -0.121. The van der Waals surface area contributed by atoms with Gasteiger partial charge in [-0.05, 0) is 41.7 Å². The van der Waals surface area contributed by atoms with E-state index in [9.17, 15) is 9.59 Å². The summed E-state index contributed by atoms with van der Waals surface area (Å²) in [4.78, 5) is 29.5. The van der Waals surface area contributed by atoms with Gasteiger partial charge < -0.3 is 16.0 Å². The minimum absolute atomic E-state index is 0. The van der Waals surface area contributed by atoms with Crippen LogP contribution in [-0.2, 0) is 16.8 Å². The number of carbonyl (C=O) groups excluding carboxylic acids is 2. The summed E-state index contributed by atoms with van der Waals surface area (Å²) < 4.78 is 0. The molecule has 2 amide bonds. The largest absolute Gasteiger partial charge is 0.354 e. The Hall–Kier alpha value is -3.94. The molecule has 1 atom stereocenters. The van der Waals surface area contributed by atoms with Gasteiger partial charge in [-0.2, -0.15) is 5.10 Å². The van der Waals surface area contributed by atoms with Crippen LogP contribution < -0.4 is 16.5 Å². The molecule has 6 rings (SSSR count). The molecule has 0 saturated carbocycles. The molecule has 0 saturated heterocycles. The first kappa shape index (κ1) is 21.9. The first-order valence-electron chi connectivity index (χ1n) is 10.8. The molecule has 1 unspecified atom stereocenters. The van der Waals surface area contributed by atoms with Crippen molar-refractivity contribution < 1.29 is 9.59 Å². The number of hydrogen-bond acceptors (Lipinski definition) is 4. The average Bonchev–Trinajstić information content (AvgIpc) is 3.32. The Morgan fingerprint density at radius 2 is 1.82 bits per heavy atom. The highest BCUT2D eigenvalue weighted by Crippen LogP contribution is 2.37. The van der Waals surface area contributed by atoms with Crippen molar-refractivity contribution in [3.63, 3.8) is 0 Å². The molecule has 2 heterocycles. The number of nitrogens with zero attached hydrogens (tertiary/aromatic N) is 1. The number of aryl methyl sites for hydroxylation is 1. The quantitative estimate of drug-likeness (QED) is 0.361. The number of aromatic nitrogens is 1. The van der Waals surface area contributed by atoms with E-state index in [2.05, 4.69) is 20.8 Å². The van der Waals surface area contributed by atoms with Gasteiger partial charge in [0, 0.05) is 22.2 Å². The van der Waals surface area contributed by atoms with E-state index in [-0.39, 0.29) is 24.2 Å². The van der Waals surface area contributed by atoms with E-state index in [1.54, 1.807) is 12.3 Å². The minimum Gasteiger partial charge on any atom is -0.354 e. The van der Waals surface area contributed by atoms with Gasteiger partial charge in [0.25, 0.3) is 5.91 Å². The lowest BCUT2D eigenvalue weighted by atomic mass is 9.92. The molecule has 7 nitrogen and oxygen atoms in total. The summed E-state index contributed by atoms with van der Waals surface area (Å²) in [5, 5.41) is 7.81. The zero-order valence-corrected chi connectivity index (χ0v) is 18.9. The Morgan fingerprint density at radius 1 is 1.06 bits per heavy atom.